The molecule has 0 aromatic heterocycles. The maximum Gasteiger partial charge on any atom is 0.339 e. The third-order valence-corrected chi connectivity index (χ3v) is 2.09. The summed E-state index contributed by atoms with van der Waals surface area (Å²) < 4.78 is 4.89. The van der Waals surface area contributed by atoms with Crippen LogP contribution in [-0.2, 0) is 4.74 Å². The first-order valence-electron chi connectivity index (χ1n) is 5.52. The lowest BCUT2D eigenvalue weighted by Crippen LogP contribution is -2.05. The van der Waals surface area contributed by atoms with Gasteiger partial charge >= 0.3 is 5.97 Å². The van der Waals surface area contributed by atoms with Crippen LogP contribution in [0.15, 0.2) is 24.3 Å². The van der Waals surface area contributed by atoms with E-state index in [1.807, 2.05) is 6.92 Å². The molecule has 0 aliphatic carbocycles. The molecule has 0 radical (unpaired) electrons. The number of nitro groups is 1. The Morgan fingerprint density at radius 2 is 2.00 bits per heavy atom. The molecule has 1 aromatic carbocycles. The molecule has 0 bridgehead atoms. The first-order valence-corrected chi connectivity index (χ1v) is 5.52. The fourth-order valence-electron chi connectivity index (χ4n) is 1.17. The summed E-state index contributed by atoms with van der Waals surface area (Å²) in [5, 5.41) is 10.4. The van der Waals surface area contributed by atoms with E-state index in [1.54, 1.807) is 0 Å². The number of carbonyl (C=O) groups is 1. The SMILES string of the molecule is CCCC#CCOC(=O)c1ccc([N+](=O)[O-])cc1. The normalized spacial score (nSPS) is 9.17. The van der Waals surface area contributed by atoms with Gasteiger partial charge in [-0.15, -0.1) is 0 Å². The van der Waals surface area contributed by atoms with Crippen molar-refractivity contribution in [2.75, 3.05) is 6.61 Å². The second-order valence-corrected chi connectivity index (χ2v) is 3.48. The minimum absolute atomic E-state index is 0.0375. The minimum atomic E-state index is -0.532. The highest BCUT2D eigenvalue weighted by atomic mass is 16.6. The molecule has 0 amide bonds. The number of nitro benzene ring substituents is 1. The van der Waals surface area contributed by atoms with Gasteiger partial charge in [-0.05, 0) is 18.6 Å². The number of rotatable bonds is 4. The van der Waals surface area contributed by atoms with Gasteiger partial charge in [-0.2, -0.15) is 0 Å². The monoisotopic (exact) mass is 247 g/mol. The predicted molar refractivity (Wildman–Crippen MR) is 66.1 cm³/mol. The molecule has 0 spiro atoms. The van der Waals surface area contributed by atoms with E-state index in [2.05, 4.69) is 11.8 Å². The van der Waals surface area contributed by atoms with Crippen LogP contribution in [-0.4, -0.2) is 17.5 Å². The van der Waals surface area contributed by atoms with Crippen LogP contribution in [0.4, 0.5) is 5.69 Å². The van der Waals surface area contributed by atoms with Gasteiger partial charge in [0.25, 0.3) is 5.69 Å². The quantitative estimate of drug-likeness (QED) is 0.355. The molecule has 0 aliphatic heterocycles. The summed E-state index contributed by atoms with van der Waals surface area (Å²) in [6.07, 6.45) is 1.73. The molecule has 0 unspecified atom stereocenters. The molecule has 1 rings (SSSR count). The summed E-state index contributed by atoms with van der Waals surface area (Å²) >= 11 is 0. The number of non-ortho nitro benzene ring substituents is 1. The van der Waals surface area contributed by atoms with Crippen molar-refractivity contribution in [1.29, 1.82) is 0 Å². The third kappa shape index (κ3) is 4.26. The zero-order valence-corrected chi connectivity index (χ0v) is 10.0. The molecular formula is C13H13NO4. The van der Waals surface area contributed by atoms with Crippen molar-refractivity contribution in [3.63, 3.8) is 0 Å². The van der Waals surface area contributed by atoms with Gasteiger partial charge in [0.2, 0.25) is 0 Å². The number of esters is 1. The molecule has 0 saturated heterocycles. The van der Waals surface area contributed by atoms with Gasteiger partial charge in [0.15, 0.2) is 6.61 Å². The molecule has 0 fully saturated rings. The van der Waals surface area contributed by atoms with Gasteiger partial charge in [-0.3, -0.25) is 10.1 Å². The Morgan fingerprint density at radius 3 is 2.56 bits per heavy atom. The average Bonchev–Trinajstić information content (AvgIpc) is 2.38. The molecule has 0 heterocycles. The third-order valence-electron chi connectivity index (χ3n) is 2.09. The summed E-state index contributed by atoms with van der Waals surface area (Å²) in [5.74, 6) is 5.03. The van der Waals surface area contributed by atoms with Gasteiger partial charge in [0.1, 0.15) is 0 Å². The Morgan fingerprint density at radius 1 is 1.33 bits per heavy atom. The Labute approximate surface area is 105 Å². The van der Waals surface area contributed by atoms with E-state index in [1.165, 1.54) is 24.3 Å². The van der Waals surface area contributed by atoms with Crippen molar-refractivity contribution in [3.8, 4) is 11.8 Å². The van der Waals surface area contributed by atoms with Crippen LogP contribution in [0, 0.1) is 22.0 Å². The Balaban J connectivity index is 2.52. The van der Waals surface area contributed by atoms with Gasteiger partial charge in [-0.1, -0.05) is 18.8 Å². The van der Waals surface area contributed by atoms with Crippen LogP contribution in [0.1, 0.15) is 30.1 Å². The van der Waals surface area contributed by atoms with Gasteiger partial charge in [0.05, 0.1) is 10.5 Å². The maximum absolute atomic E-state index is 11.5. The number of unbranched alkanes of at least 4 members (excludes halogenated alkanes) is 1. The van der Waals surface area contributed by atoms with E-state index in [9.17, 15) is 14.9 Å². The van der Waals surface area contributed by atoms with E-state index in [0.29, 0.717) is 0 Å². The van der Waals surface area contributed by atoms with Gasteiger partial charge in [0, 0.05) is 18.6 Å². The first kappa shape index (κ1) is 13.7. The number of ether oxygens (including phenoxy) is 1. The number of carbonyl (C=O) groups excluding carboxylic acids is 1. The second kappa shape index (κ2) is 7.07. The van der Waals surface area contributed by atoms with E-state index in [0.717, 1.165) is 12.8 Å². The highest BCUT2D eigenvalue weighted by Gasteiger charge is 2.09. The maximum atomic E-state index is 11.5. The van der Waals surface area contributed by atoms with Crippen LogP contribution in [0.3, 0.4) is 0 Å². The van der Waals surface area contributed by atoms with E-state index >= 15 is 0 Å². The largest absolute Gasteiger partial charge is 0.449 e. The molecule has 0 saturated carbocycles. The van der Waals surface area contributed by atoms with Crippen molar-refractivity contribution in [1.82, 2.24) is 0 Å². The fraction of sp³-hybridized carbons (Fsp3) is 0.308. The zero-order chi connectivity index (χ0) is 13.4. The lowest BCUT2D eigenvalue weighted by atomic mass is 10.2. The average molecular weight is 247 g/mol. The number of hydrogen-bond donors (Lipinski definition) is 0. The number of benzene rings is 1. The van der Waals surface area contributed by atoms with E-state index in [-0.39, 0.29) is 17.9 Å². The number of nitrogens with zero attached hydrogens (tertiary/aromatic N) is 1. The summed E-state index contributed by atoms with van der Waals surface area (Å²) in [7, 11) is 0. The summed E-state index contributed by atoms with van der Waals surface area (Å²) in [6, 6.07) is 5.25. The van der Waals surface area contributed by atoms with Crippen LogP contribution >= 0.6 is 0 Å². The molecule has 5 heteroatoms. The highest BCUT2D eigenvalue weighted by Crippen LogP contribution is 2.12. The Bertz CT molecular complexity index is 482. The predicted octanol–water partition coefficient (Wildman–Crippen LogP) is 2.56. The van der Waals surface area contributed by atoms with Crippen LogP contribution in [0.5, 0.6) is 0 Å². The van der Waals surface area contributed by atoms with E-state index in [4.69, 9.17) is 4.74 Å². The first-order chi connectivity index (χ1) is 8.65. The van der Waals surface area contributed by atoms with Crippen LogP contribution in [0.25, 0.3) is 0 Å². The lowest BCUT2D eigenvalue weighted by Gasteiger charge is -2.00. The topological polar surface area (TPSA) is 69.4 Å². The molecule has 0 aliphatic rings. The summed E-state index contributed by atoms with van der Waals surface area (Å²) in [6.45, 7) is 2.05. The molecule has 1 aromatic rings. The fourth-order valence-corrected chi connectivity index (χ4v) is 1.17. The Hall–Kier alpha value is -2.35. The van der Waals surface area contributed by atoms with Crippen LogP contribution < -0.4 is 0 Å². The number of hydrogen-bond acceptors (Lipinski definition) is 4. The van der Waals surface area contributed by atoms with Crippen molar-refractivity contribution < 1.29 is 14.5 Å². The molecule has 0 N–H and O–H groups in total. The van der Waals surface area contributed by atoms with Crippen molar-refractivity contribution in [2.24, 2.45) is 0 Å². The van der Waals surface area contributed by atoms with Crippen molar-refractivity contribution in [2.45, 2.75) is 19.8 Å². The molecular weight excluding hydrogens is 234 g/mol. The second-order valence-electron chi connectivity index (χ2n) is 3.48. The lowest BCUT2D eigenvalue weighted by molar-refractivity contribution is -0.384. The zero-order valence-electron chi connectivity index (χ0n) is 10.0. The Kier molecular flexibility index (Phi) is 5.39. The molecule has 94 valence electrons. The highest BCUT2D eigenvalue weighted by molar-refractivity contribution is 5.89. The van der Waals surface area contributed by atoms with Crippen molar-refractivity contribution >= 4 is 11.7 Å². The minimum Gasteiger partial charge on any atom is -0.449 e. The smallest absolute Gasteiger partial charge is 0.339 e. The van der Waals surface area contributed by atoms with E-state index < -0.39 is 10.9 Å². The standard InChI is InChI=1S/C13H13NO4/c1-2-3-4-5-10-18-13(15)11-6-8-12(9-7-11)14(16)17/h6-9H,2-3,10H2,1H3. The summed E-state index contributed by atoms with van der Waals surface area (Å²) in [4.78, 5) is 21.4. The molecule has 18 heavy (non-hydrogen) atoms. The molecule has 0 atom stereocenters. The van der Waals surface area contributed by atoms with Crippen molar-refractivity contribution in [3.05, 3.63) is 39.9 Å². The van der Waals surface area contributed by atoms with Gasteiger partial charge < -0.3 is 4.74 Å². The summed E-state index contributed by atoms with van der Waals surface area (Å²) in [5.41, 5.74) is 0.215. The van der Waals surface area contributed by atoms with Gasteiger partial charge in [-0.25, -0.2) is 4.79 Å². The molecule has 5 nitrogen and oxygen atoms in total. The van der Waals surface area contributed by atoms with Crippen LogP contribution in [0.2, 0.25) is 0 Å².